The number of hydrogen-bond acceptors (Lipinski definition) is 2. The Morgan fingerprint density at radius 1 is 0.315 bits per heavy atom. The molecule has 0 radical (unpaired) electrons. The Morgan fingerprint density at radius 2 is 0.870 bits per heavy atom. The van der Waals surface area contributed by atoms with Crippen molar-refractivity contribution in [1.29, 1.82) is 0 Å². The largest absolute Gasteiger partial charge is 0.456 e. The minimum absolute atomic E-state index is 0.914. The SMILES string of the molecule is c1ccc(-c2ccc3cc(-c4c5ccccc5c(-c5ccc6c(c5)oc5ccc7sc8c9ccccc9ccc8c7c56)c5ccccc45)ccc3c2)cc1. The van der Waals surface area contributed by atoms with Crippen LogP contribution in [0.4, 0.5) is 0 Å². The molecule has 0 aliphatic carbocycles. The number of thiophene rings is 1. The number of furan rings is 1. The molecule has 2 aromatic heterocycles. The van der Waals surface area contributed by atoms with Gasteiger partial charge in [-0.2, -0.15) is 0 Å². The summed E-state index contributed by atoms with van der Waals surface area (Å²) in [4.78, 5) is 0. The first-order valence-electron chi connectivity index (χ1n) is 18.5. The third-order valence-electron chi connectivity index (χ3n) is 11.4. The molecule has 0 aliphatic heterocycles. The highest BCUT2D eigenvalue weighted by atomic mass is 32.1. The van der Waals surface area contributed by atoms with Crippen molar-refractivity contribution in [2.45, 2.75) is 0 Å². The molecule has 0 fully saturated rings. The maximum atomic E-state index is 6.73. The average molecular weight is 703 g/mol. The van der Waals surface area contributed by atoms with Gasteiger partial charge in [-0.15, -0.1) is 11.3 Å². The zero-order valence-electron chi connectivity index (χ0n) is 29.1. The average Bonchev–Trinajstić information content (AvgIpc) is 3.81. The van der Waals surface area contributed by atoms with Crippen molar-refractivity contribution in [2.24, 2.45) is 0 Å². The van der Waals surface area contributed by atoms with Gasteiger partial charge in [0.1, 0.15) is 11.2 Å². The highest BCUT2D eigenvalue weighted by Crippen LogP contribution is 2.48. The molecule has 2 heterocycles. The van der Waals surface area contributed by atoms with E-state index in [1.165, 1.54) is 96.5 Å². The Morgan fingerprint density at radius 3 is 1.59 bits per heavy atom. The summed E-state index contributed by atoms with van der Waals surface area (Å²) >= 11 is 1.88. The molecule has 0 saturated heterocycles. The number of hydrogen-bond donors (Lipinski definition) is 0. The third kappa shape index (κ3) is 4.32. The smallest absolute Gasteiger partial charge is 0.136 e. The number of benzene rings is 10. The summed E-state index contributed by atoms with van der Waals surface area (Å²) in [6.07, 6.45) is 0. The maximum Gasteiger partial charge on any atom is 0.136 e. The highest BCUT2D eigenvalue weighted by Gasteiger charge is 2.20. The topological polar surface area (TPSA) is 13.1 Å². The van der Waals surface area contributed by atoms with Crippen LogP contribution in [0.25, 0.3) is 119 Å². The lowest BCUT2D eigenvalue weighted by Crippen LogP contribution is -1.91. The van der Waals surface area contributed by atoms with Crippen LogP contribution in [0, 0.1) is 0 Å². The zero-order valence-corrected chi connectivity index (χ0v) is 30.0. The number of fused-ring (bicyclic) bond motifs is 12. The Balaban J connectivity index is 1.06. The van der Waals surface area contributed by atoms with Gasteiger partial charge in [-0.05, 0) is 113 Å². The Kier molecular flexibility index (Phi) is 6.28. The van der Waals surface area contributed by atoms with Crippen LogP contribution < -0.4 is 0 Å². The third-order valence-corrected chi connectivity index (χ3v) is 12.6. The van der Waals surface area contributed by atoms with Gasteiger partial charge in [-0.25, -0.2) is 0 Å². The van der Waals surface area contributed by atoms with Crippen LogP contribution in [0.2, 0.25) is 0 Å². The van der Waals surface area contributed by atoms with Gasteiger partial charge < -0.3 is 4.42 Å². The van der Waals surface area contributed by atoms with Crippen molar-refractivity contribution in [1.82, 2.24) is 0 Å². The Labute approximate surface area is 314 Å². The van der Waals surface area contributed by atoms with Gasteiger partial charge in [-0.1, -0.05) is 146 Å². The van der Waals surface area contributed by atoms with E-state index in [-0.39, 0.29) is 0 Å². The van der Waals surface area contributed by atoms with Gasteiger partial charge in [0.25, 0.3) is 0 Å². The van der Waals surface area contributed by atoms with Crippen LogP contribution in [0.1, 0.15) is 0 Å². The van der Waals surface area contributed by atoms with Gasteiger partial charge in [0.2, 0.25) is 0 Å². The lowest BCUT2D eigenvalue weighted by Gasteiger charge is -2.18. The summed E-state index contributed by atoms with van der Waals surface area (Å²) in [6.45, 7) is 0. The van der Waals surface area contributed by atoms with Gasteiger partial charge >= 0.3 is 0 Å². The van der Waals surface area contributed by atoms with Crippen LogP contribution >= 0.6 is 11.3 Å². The highest BCUT2D eigenvalue weighted by molar-refractivity contribution is 7.27. The minimum atomic E-state index is 0.914. The molecular formula is C52H30OS. The van der Waals surface area contributed by atoms with E-state index in [1.54, 1.807) is 0 Å². The van der Waals surface area contributed by atoms with Crippen LogP contribution in [0.3, 0.4) is 0 Å². The molecule has 12 rings (SSSR count). The quantitative estimate of drug-likeness (QED) is 0.167. The summed E-state index contributed by atoms with van der Waals surface area (Å²) < 4.78 is 9.35. The fourth-order valence-corrected chi connectivity index (χ4v) is 10.2. The van der Waals surface area contributed by atoms with E-state index in [9.17, 15) is 0 Å². The first kappa shape index (κ1) is 29.8. The molecule has 0 amide bonds. The van der Waals surface area contributed by atoms with Crippen molar-refractivity contribution in [3.05, 3.63) is 182 Å². The monoisotopic (exact) mass is 702 g/mol. The van der Waals surface area contributed by atoms with E-state index in [1.807, 2.05) is 11.3 Å². The lowest BCUT2D eigenvalue weighted by molar-refractivity contribution is 0.669. The van der Waals surface area contributed by atoms with E-state index in [0.717, 1.165) is 22.1 Å². The second-order valence-corrected chi connectivity index (χ2v) is 15.4. The lowest BCUT2D eigenvalue weighted by atomic mass is 9.85. The molecule has 1 nitrogen and oxygen atoms in total. The van der Waals surface area contributed by atoms with Gasteiger partial charge in [0, 0.05) is 30.9 Å². The second kappa shape index (κ2) is 11.4. The van der Waals surface area contributed by atoms with Gasteiger partial charge in [-0.3, -0.25) is 0 Å². The van der Waals surface area contributed by atoms with E-state index >= 15 is 0 Å². The normalized spacial score (nSPS) is 12.1. The fraction of sp³-hybridized carbons (Fsp3) is 0. The molecule has 0 unspecified atom stereocenters. The molecule has 0 N–H and O–H groups in total. The van der Waals surface area contributed by atoms with Crippen molar-refractivity contribution < 1.29 is 4.42 Å². The molecule has 0 spiro atoms. The molecule has 54 heavy (non-hydrogen) atoms. The molecule has 10 aromatic carbocycles. The minimum Gasteiger partial charge on any atom is -0.456 e. The van der Waals surface area contributed by atoms with Crippen LogP contribution in [-0.4, -0.2) is 0 Å². The predicted octanol–water partition coefficient (Wildman–Crippen LogP) is 15.6. The molecular weight excluding hydrogens is 673 g/mol. The zero-order chi connectivity index (χ0) is 35.3. The van der Waals surface area contributed by atoms with Crippen LogP contribution in [0.5, 0.6) is 0 Å². The number of rotatable bonds is 3. The Bertz CT molecular complexity index is 3440. The van der Waals surface area contributed by atoms with E-state index < -0.39 is 0 Å². The summed E-state index contributed by atoms with van der Waals surface area (Å²) in [7, 11) is 0. The summed E-state index contributed by atoms with van der Waals surface area (Å²) in [6, 6.07) is 66.6. The summed E-state index contributed by atoms with van der Waals surface area (Å²) in [5.74, 6) is 0. The maximum absolute atomic E-state index is 6.73. The molecule has 0 bridgehead atoms. The second-order valence-electron chi connectivity index (χ2n) is 14.4. The van der Waals surface area contributed by atoms with E-state index in [4.69, 9.17) is 4.42 Å². The Hall–Kier alpha value is -6.74. The standard InChI is InChI=1S/C52H30OS/c1-2-10-31(11-3-1)33-18-19-35-29-36(21-20-34(35)28-33)48-39-14-6-8-16-41(39)49(42-17-9-7-15-40(42)48)37-23-24-43-46(30-37)53-45-26-27-47-51(50(43)45)44-25-22-32-12-4-5-13-38(32)52(44)54-47/h1-30H. The van der Waals surface area contributed by atoms with Crippen LogP contribution in [-0.2, 0) is 0 Å². The molecule has 2 heteroatoms. The molecule has 250 valence electrons. The van der Waals surface area contributed by atoms with Crippen molar-refractivity contribution >= 4 is 96.5 Å². The molecule has 0 aliphatic rings. The van der Waals surface area contributed by atoms with E-state index in [0.29, 0.717) is 0 Å². The fourth-order valence-electron chi connectivity index (χ4n) is 8.98. The van der Waals surface area contributed by atoms with Crippen molar-refractivity contribution in [3.8, 4) is 33.4 Å². The summed E-state index contributed by atoms with van der Waals surface area (Å²) in [5, 5.41) is 15.0. The summed E-state index contributed by atoms with van der Waals surface area (Å²) in [5.41, 5.74) is 9.20. The van der Waals surface area contributed by atoms with E-state index in [2.05, 4.69) is 182 Å². The van der Waals surface area contributed by atoms with Gasteiger partial charge in [0.05, 0.1) is 0 Å². The first-order chi connectivity index (χ1) is 26.8. The molecule has 12 aromatic rings. The van der Waals surface area contributed by atoms with Crippen molar-refractivity contribution in [3.63, 3.8) is 0 Å². The van der Waals surface area contributed by atoms with Crippen LogP contribution in [0.15, 0.2) is 186 Å². The van der Waals surface area contributed by atoms with Crippen molar-refractivity contribution in [2.75, 3.05) is 0 Å². The first-order valence-corrected chi connectivity index (χ1v) is 19.3. The van der Waals surface area contributed by atoms with Gasteiger partial charge in [0.15, 0.2) is 0 Å². The predicted molar refractivity (Wildman–Crippen MR) is 233 cm³/mol. The molecule has 0 atom stereocenters. The molecule has 0 saturated carbocycles.